The average molecular weight is 529 g/mol. The lowest BCUT2D eigenvalue weighted by Gasteiger charge is -2.31. The van der Waals surface area contributed by atoms with Crippen LogP contribution in [-0.2, 0) is 32.6 Å². The molecular formula is C23H20F4N2O4S2. The van der Waals surface area contributed by atoms with Gasteiger partial charge in [-0.25, -0.2) is 26.4 Å². The van der Waals surface area contributed by atoms with E-state index in [2.05, 4.69) is 0 Å². The first-order valence-corrected chi connectivity index (χ1v) is 13.4. The summed E-state index contributed by atoms with van der Waals surface area (Å²) in [6.07, 6.45) is -3.56. The third-order valence-corrected chi connectivity index (χ3v) is 8.79. The summed E-state index contributed by atoms with van der Waals surface area (Å²) in [4.78, 5) is -0.136. The molecule has 3 aromatic rings. The van der Waals surface area contributed by atoms with Gasteiger partial charge >= 0.3 is 6.18 Å². The Hall–Kier alpha value is -2.96. The molecule has 0 bridgehead atoms. The summed E-state index contributed by atoms with van der Waals surface area (Å²) >= 11 is 0. The maximum atomic E-state index is 13.3. The van der Waals surface area contributed by atoms with Gasteiger partial charge in [-0.15, -0.1) is 0 Å². The van der Waals surface area contributed by atoms with Crippen molar-refractivity contribution in [1.82, 2.24) is 0 Å². The molecule has 12 heteroatoms. The van der Waals surface area contributed by atoms with Gasteiger partial charge in [-0.05, 0) is 72.0 Å². The first-order valence-electron chi connectivity index (χ1n) is 10.4. The minimum absolute atomic E-state index is 0.00389. The quantitative estimate of drug-likeness (QED) is 0.498. The van der Waals surface area contributed by atoms with Gasteiger partial charge in [-0.1, -0.05) is 24.3 Å². The van der Waals surface area contributed by atoms with Crippen molar-refractivity contribution in [3.8, 4) is 0 Å². The molecule has 0 amide bonds. The van der Waals surface area contributed by atoms with Crippen molar-refractivity contribution in [2.45, 2.75) is 29.2 Å². The van der Waals surface area contributed by atoms with Gasteiger partial charge in [0.05, 0.1) is 16.1 Å². The van der Waals surface area contributed by atoms with Gasteiger partial charge in [0.1, 0.15) is 11.1 Å². The molecule has 1 heterocycles. The standard InChI is InChI=1S/C23H20F4N2O4S2/c24-19-9-11-20(12-10-19)35(32,33)29-13-1-2-15-3-4-17(14-21(15)29)22(34(28,30)31)16-5-7-18(8-6-16)23(25,26)27/h3-12,14,22H,1-2,13H2,(H2,28,30,31). The topological polar surface area (TPSA) is 97.5 Å². The minimum Gasteiger partial charge on any atom is -0.266 e. The molecule has 0 aromatic heterocycles. The van der Waals surface area contributed by atoms with Crippen LogP contribution in [0.1, 0.15) is 33.9 Å². The fourth-order valence-electron chi connectivity index (χ4n) is 4.12. The Kier molecular flexibility index (Phi) is 6.41. The molecule has 2 N–H and O–H groups in total. The number of alkyl halides is 3. The number of nitrogens with two attached hydrogens (primary N) is 1. The lowest BCUT2D eigenvalue weighted by atomic mass is 9.97. The summed E-state index contributed by atoms with van der Waals surface area (Å²) in [5.74, 6) is -0.599. The molecule has 1 atom stereocenters. The van der Waals surface area contributed by atoms with Crippen LogP contribution < -0.4 is 9.44 Å². The molecule has 35 heavy (non-hydrogen) atoms. The highest BCUT2D eigenvalue weighted by Gasteiger charge is 2.34. The molecule has 0 spiro atoms. The zero-order valence-corrected chi connectivity index (χ0v) is 19.7. The largest absolute Gasteiger partial charge is 0.416 e. The Labute approximate surface area is 200 Å². The van der Waals surface area contributed by atoms with Crippen LogP contribution in [0.3, 0.4) is 0 Å². The molecule has 1 aliphatic heterocycles. The molecule has 3 aromatic carbocycles. The Morgan fingerprint density at radius 2 is 1.46 bits per heavy atom. The van der Waals surface area contributed by atoms with E-state index in [4.69, 9.17) is 5.14 Å². The van der Waals surface area contributed by atoms with Crippen molar-refractivity contribution < 1.29 is 34.4 Å². The third-order valence-electron chi connectivity index (χ3n) is 5.76. The van der Waals surface area contributed by atoms with Gasteiger partial charge in [0.25, 0.3) is 10.0 Å². The fourth-order valence-corrected chi connectivity index (χ4v) is 6.72. The van der Waals surface area contributed by atoms with Crippen LogP contribution in [0, 0.1) is 5.82 Å². The first kappa shape index (κ1) is 25.1. The number of hydrogen-bond donors (Lipinski definition) is 1. The van der Waals surface area contributed by atoms with Crippen molar-refractivity contribution in [3.63, 3.8) is 0 Å². The van der Waals surface area contributed by atoms with Gasteiger partial charge in [0.2, 0.25) is 10.0 Å². The zero-order chi connectivity index (χ0) is 25.6. The zero-order valence-electron chi connectivity index (χ0n) is 18.0. The summed E-state index contributed by atoms with van der Waals surface area (Å²) in [6.45, 7) is 0.108. The number of aryl methyl sites for hydroxylation is 1. The van der Waals surface area contributed by atoms with Crippen molar-refractivity contribution in [3.05, 3.63) is 94.8 Å². The highest BCUT2D eigenvalue weighted by atomic mass is 32.2. The van der Waals surface area contributed by atoms with Crippen LogP contribution in [0.2, 0.25) is 0 Å². The number of sulfonamides is 2. The van der Waals surface area contributed by atoms with Crippen LogP contribution in [0.15, 0.2) is 71.6 Å². The Bertz CT molecular complexity index is 1450. The van der Waals surface area contributed by atoms with Gasteiger partial charge < -0.3 is 0 Å². The van der Waals surface area contributed by atoms with Crippen molar-refractivity contribution in [1.29, 1.82) is 0 Å². The number of rotatable bonds is 5. The molecule has 6 nitrogen and oxygen atoms in total. The van der Waals surface area contributed by atoms with E-state index in [0.29, 0.717) is 18.4 Å². The molecule has 0 aliphatic carbocycles. The predicted octanol–water partition coefficient (Wildman–Crippen LogP) is 4.36. The average Bonchev–Trinajstić information content (AvgIpc) is 2.78. The van der Waals surface area contributed by atoms with Crippen LogP contribution >= 0.6 is 0 Å². The summed E-state index contributed by atoms with van der Waals surface area (Å²) in [5.41, 5.74) is 0.0396. The van der Waals surface area contributed by atoms with Crippen molar-refractivity contribution >= 4 is 25.7 Å². The third kappa shape index (κ3) is 5.04. The number of halogens is 4. The number of benzene rings is 3. The van der Waals surface area contributed by atoms with Crippen LogP contribution in [0.4, 0.5) is 23.2 Å². The van der Waals surface area contributed by atoms with Crippen LogP contribution in [-0.4, -0.2) is 23.4 Å². The van der Waals surface area contributed by atoms with Crippen molar-refractivity contribution in [2.24, 2.45) is 5.14 Å². The highest BCUT2D eigenvalue weighted by molar-refractivity contribution is 7.92. The van der Waals surface area contributed by atoms with E-state index in [1.54, 1.807) is 6.07 Å². The van der Waals surface area contributed by atoms with Gasteiger partial charge in [-0.2, -0.15) is 13.2 Å². The number of fused-ring (bicyclic) bond motifs is 1. The normalized spacial score (nSPS) is 15.5. The Morgan fingerprint density at radius 3 is 2.03 bits per heavy atom. The second kappa shape index (κ2) is 8.92. The molecule has 0 fully saturated rings. The van der Waals surface area contributed by atoms with E-state index in [9.17, 15) is 34.4 Å². The SMILES string of the molecule is NS(=O)(=O)C(c1ccc(C(F)(F)F)cc1)c1ccc2c(c1)N(S(=O)(=O)c1ccc(F)cc1)CCC2. The maximum Gasteiger partial charge on any atom is 0.416 e. The van der Waals surface area contributed by atoms with Crippen LogP contribution in [0.5, 0.6) is 0 Å². The molecule has 1 unspecified atom stereocenters. The van der Waals surface area contributed by atoms with E-state index < -0.39 is 42.9 Å². The molecule has 186 valence electrons. The summed E-state index contributed by atoms with van der Waals surface area (Å²) in [5, 5.41) is 3.93. The van der Waals surface area contributed by atoms with Gasteiger partial charge in [0.15, 0.2) is 0 Å². The number of primary sulfonamides is 1. The molecule has 0 saturated carbocycles. The monoisotopic (exact) mass is 528 g/mol. The number of nitrogens with zero attached hydrogens (tertiary/aromatic N) is 1. The van der Waals surface area contributed by atoms with Crippen LogP contribution in [0.25, 0.3) is 0 Å². The van der Waals surface area contributed by atoms with E-state index in [1.807, 2.05) is 0 Å². The molecule has 4 rings (SSSR count). The summed E-state index contributed by atoms with van der Waals surface area (Å²) in [6, 6.07) is 12.3. The lowest BCUT2D eigenvalue weighted by molar-refractivity contribution is -0.137. The predicted molar refractivity (Wildman–Crippen MR) is 122 cm³/mol. The summed E-state index contributed by atoms with van der Waals surface area (Å²) in [7, 11) is -8.44. The van der Waals surface area contributed by atoms with E-state index in [-0.39, 0.29) is 28.3 Å². The first-order chi connectivity index (χ1) is 16.3. The Morgan fingerprint density at radius 1 is 0.857 bits per heavy atom. The minimum atomic E-state index is -4.60. The molecule has 0 radical (unpaired) electrons. The van der Waals surface area contributed by atoms with Gasteiger partial charge in [0, 0.05) is 6.54 Å². The summed E-state index contributed by atoms with van der Waals surface area (Å²) < 4.78 is 105. The highest BCUT2D eigenvalue weighted by Crippen LogP contribution is 2.38. The number of hydrogen-bond acceptors (Lipinski definition) is 4. The smallest absolute Gasteiger partial charge is 0.266 e. The van der Waals surface area contributed by atoms with Gasteiger partial charge in [-0.3, -0.25) is 4.31 Å². The Balaban J connectivity index is 1.81. The molecule has 0 saturated heterocycles. The van der Waals surface area contributed by atoms with Crippen molar-refractivity contribution in [2.75, 3.05) is 10.8 Å². The maximum absolute atomic E-state index is 13.3. The van der Waals surface area contributed by atoms with E-state index >= 15 is 0 Å². The lowest BCUT2D eigenvalue weighted by Crippen LogP contribution is -2.35. The molecular weight excluding hydrogens is 508 g/mol. The van der Waals surface area contributed by atoms with E-state index in [0.717, 1.165) is 52.8 Å². The molecule has 1 aliphatic rings. The van der Waals surface area contributed by atoms with E-state index in [1.165, 1.54) is 12.1 Å². The number of anilines is 1. The second-order valence-corrected chi connectivity index (χ2v) is 11.6. The second-order valence-electron chi connectivity index (χ2n) is 8.11. The fraction of sp³-hybridized carbons (Fsp3) is 0.217.